The average Bonchev–Trinajstić information content (AvgIpc) is 2.63. The number of ether oxygens (including phenoxy) is 2. The number of sulfonamides is 1. The fraction of sp³-hybridized carbons (Fsp3) is 0.294. The van der Waals surface area contributed by atoms with E-state index in [9.17, 15) is 18.5 Å². The van der Waals surface area contributed by atoms with Crippen molar-refractivity contribution in [3.05, 3.63) is 52.1 Å². The van der Waals surface area contributed by atoms with Gasteiger partial charge in [0.05, 0.1) is 21.1 Å². The Kier molecular flexibility index (Phi) is 4.73. The van der Waals surface area contributed by atoms with Crippen LogP contribution in [0.3, 0.4) is 0 Å². The smallest absolute Gasteiger partial charge is 0.274 e. The lowest BCUT2D eigenvalue weighted by Crippen LogP contribution is -2.31. The molecule has 0 N–H and O–H groups in total. The van der Waals surface area contributed by atoms with Crippen LogP contribution in [0.4, 0.5) is 11.4 Å². The molecular weight excluding hydrogens is 360 g/mol. The molecule has 8 nitrogen and oxygen atoms in total. The Labute approximate surface area is 151 Å². The summed E-state index contributed by atoms with van der Waals surface area (Å²) in [5.41, 5.74) is 0.440. The number of rotatable bonds is 5. The van der Waals surface area contributed by atoms with E-state index in [1.807, 2.05) is 0 Å². The van der Waals surface area contributed by atoms with E-state index in [1.54, 1.807) is 19.1 Å². The molecule has 0 unspecified atom stereocenters. The third-order valence-corrected chi connectivity index (χ3v) is 6.02. The first-order valence-corrected chi connectivity index (χ1v) is 9.46. The van der Waals surface area contributed by atoms with Crippen molar-refractivity contribution in [1.29, 1.82) is 0 Å². The summed E-state index contributed by atoms with van der Waals surface area (Å²) < 4.78 is 38.3. The highest BCUT2D eigenvalue weighted by Gasteiger charge is 2.28. The van der Waals surface area contributed by atoms with Crippen molar-refractivity contribution >= 4 is 21.4 Å². The van der Waals surface area contributed by atoms with Crippen LogP contribution in [0, 0.1) is 17.0 Å². The van der Waals surface area contributed by atoms with Crippen molar-refractivity contribution in [3.8, 4) is 11.5 Å². The lowest BCUT2D eigenvalue weighted by molar-refractivity contribution is -0.385. The second kappa shape index (κ2) is 6.83. The van der Waals surface area contributed by atoms with Crippen LogP contribution in [0.1, 0.15) is 12.5 Å². The molecule has 3 rings (SSSR count). The van der Waals surface area contributed by atoms with E-state index in [0.717, 1.165) is 4.31 Å². The Balaban J connectivity index is 2.08. The van der Waals surface area contributed by atoms with Crippen LogP contribution >= 0.6 is 0 Å². The molecule has 0 radical (unpaired) electrons. The first-order valence-electron chi connectivity index (χ1n) is 8.02. The van der Waals surface area contributed by atoms with Crippen molar-refractivity contribution in [2.75, 3.05) is 24.1 Å². The van der Waals surface area contributed by atoms with Crippen LogP contribution in [0.25, 0.3) is 0 Å². The number of fused-ring (bicyclic) bond motifs is 1. The molecule has 138 valence electrons. The molecule has 0 amide bonds. The zero-order valence-corrected chi connectivity index (χ0v) is 15.2. The average molecular weight is 378 g/mol. The van der Waals surface area contributed by atoms with E-state index in [0.29, 0.717) is 30.3 Å². The molecule has 1 aliphatic rings. The third kappa shape index (κ3) is 3.05. The van der Waals surface area contributed by atoms with Gasteiger partial charge < -0.3 is 9.47 Å². The van der Waals surface area contributed by atoms with Crippen LogP contribution in [0.15, 0.2) is 41.3 Å². The van der Waals surface area contributed by atoms with Crippen LogP contribution in [0.5, 0.6) is 11.5 Å². The van der Waals surface area contributed by atoms with Gasteiger partial charge in [-0.15, -0.1) is 0 Å². The Morgan fingerprint density at radius 3 is 2.50 bits per heavy atom. The lowest BCUT2D eigenvalue weighted by Gasteiger charge is -2.25. The van der Waals surface area contributed by atoms with E-state index in [1.165, 1.54) is 31.2 Å². The second-order valence-corrected chi connectivity index (χ2v) is 7.52. The molecular formula is C17H18N2O6S. The topological polar surface area (TPSA) is 99.0 Å². The molecule has 0 aliphatic carbocycles. The minimum absolute atomic E-state index is 0.0366. The summed E-state index contributed by atoms with van der Waals surface area (Å²) in [7, 11) is -3.93. The van der Waals surface area contributed by atoms with Gasteiger partial charge >= 0.3 is 0 Å². The first-order chi connectivity index (χ1) is 12.4. The van der Waals surface area contributed by atoms with Crippen LogP contribution < -0.4 is 13.8 Å². The van der Waals surface area contributed by atoms with Gasteiger partial charge in [-0.3, -0.25) is 14.4 Å². The highest BCUT2D eigenvalue weighted by atomic mass is 32.2. The van der Waals surface area contributed by atoms with E-state index >= 15 is 0 Å². The van der Waals surface area contributed by atoms with Gasteiger partial charge in [-0.1, -0.05) is 6.07 Å². The Morgan fingerprint density at radius 2 is 1.85 bits per heavy atom. The van der Waals surface area contributed by atoms with E-state index in [4.69, 9.17) is 9.47 Å². The van der Waals surface area contributed by atoms with Crippen molar-refractivity contribution < 1.29 is 22.8 Å². The largest absolute Gasteiger partial charge is 0.486 e. The molecule has 0 bridgehead atoms. The molecule has 1 heterocycles. The van der Waals surface area contributed by atoms with Gasteiger partial charge in [-0.05, 0) is 32.0 Å². The standard InChI is InChI=1S/C17H18N2O6S/c1-3-18(14-5-4-6-15(12(14)2)19(20)21)26(22,23)13-7-8-16-17(11-13)25-10-9-24-16/h4-8,11H,3,9-10H2,1-2H3. The van der Waals surface area contributed by atoms with Crippen molar-refractivity contribution in [2.45, 2.75) is 18.7 Å². The number of hydrogen-bond acceptors (Lipinski definition) is 6. The number of hydrogen-bond donors (Lipinski definition) is 0. The van der Waals surface area contributed by atoms with Crippen LogP contribution in [-0.4, -0.2) is 33.1 Å². The van der Waals surface area contributed by atoms with Gasteiger partial charge in [0, 0.05) is 18.7 Å². The van der Waals surface area contributed by atoms with Crippen molar-refractivity contribution in [3.63, 3.8) is 0 Å². The summed E-state index contributed by atoms with van der Waals surface area (Å²) in [6, 6.07) is 8.79. The number of nitro groups is 1. The molecule has 2 aromatic rings. The number of nitro benzene ring substituents is 1. The zero-order valence-electron chi connectivity index (χ0n) is 14.3. The normalized spacial score (nSPS) is 13.3. The van der Waals surface area contributed by atoms with E-state index < -0.39 is 14.9 Å². The van der Waals surface area contributed by atoms with Crippen molar-refractivity contribution in [2.24, 2.45) is 0 Å². The van der Waals surface area contributed by atoms with Crippen LogP contribution in [0.2, 0.25) is 0 Å². The fourth-order valence-corrected chi connectivity index (χ4v) is 4.41. The number of nitrogens with zero attached hydrogens (tertiary/aromatic N) is 2. The minimum Gasteiger partial charge on any atom is -0.486 e. The van der Waals surface area contributed by atoms with Crippen LogP contribution in [-0.2, 0) is 10.0 Å². The molecule has 26 heavy (non-hydrogen) atoms. The molecule has 1 aliphatic heterocycles. The maximum atomic E-state index is 13.1. The fourth-order valence-electron chi connectivity index (χ4n) is 2.86. The molecule has 0 saturated carbocycles. The quantitative estimate of drug-likeness (QED) is 0.586. The van der Waals surface area contributed by atoms with E-state index in [2.05, 4.69) is 0 Å². The Hall–Kier alpha value is -2.81. The summed E-state index contributed by atoms with van der Waals surface area (Å²) in [6.07, 6.45) is 0. The maximum absolute atomic E-state index is 13.1. The number of benzene rings is 2. The molecule has 0 spiro atoms. The lowest BCUT2D eigenvalue weighted by atomic mass is 10.1. The van der Waals surface area contributed by atoms with Gasteiger partial charge in [0.2, 0.25) is 0 Å². The maximum Gasteiger partial charge on any atom is 0.274 e. The summed E-state index contributed by atoms with van der Waals surface area (Å²) in [5, 5.41) is 11.2. The molecule has 0 atom stereocenters. The monoisotopic (exact) mass is 378 g/mol. The molecule has 9 heteroatoms. The molecule has 0 aromatic heterocycles. The van der Waals surface area contributed by atoms with E-state index in [-0.39, 0.29) is 22.8 Å². The van der Waals surface area contributed by atoms with Gasteiger partial charge in [0.1, 0.15) is 13.2 Å². The summed E-state index contributed by atoms with van der Waals surface area (Å²) in [5.74, 6) is 0.855. The number of anilines is 1. The van der Waals surface area contributed by atoms with Gasteiger partial charge in [-0.25, -0.2) is 8.42 Å². The van der Waals surface area contributed by atoms with Gasteiger partial charge in [0.25, 0.3) is 15.7 Å². The molecule has 0 fully saturated rings. The summed E-state index contributed by atoms with van der Waals surface area (Å²) >= 11 is 0. The minimum atomic E-state index is -3.93. The summed E-state index contributed by atoms with van der Waals surface area (Å²) in [4.78, 5) is 10.7. The second-order valence-electron chi connectivity index (χ2n) is 5.65. The summed E-state index contributed by atoms with van der Waals surface area (Å²) in [6.45, 7) is 4.09. The Morgan fingerprint density at radius 1 is 1.15 bits per heavy atom. The highest BCUT2D eigenvalue weighted by Crippen LogP contribution is 2.36. The Bertz CT molecular complexity index is 958. The highest BCUT2D eigenvalue weighted by molar-refractivity contribution is 7.92. The van der Waals surface area contributed by atoms with Gasteiger partial charge in [0.15, 0.2) is 11.5 Å². The molecule has 0 saturated heterocycles. The zero-order chi connectivity index (χ0) is 18.9. The van der Waals surface area contributed by atoms with Gasteiger partial charge in [-0.2, -0.15) is 0 Å². The SMILES string of the molecule is CCN(c1cccc([N+](=O)[O-])c1C)S(=O)(=O)c1ccc2c(c1)OCCO2. The predicted octanol–water partition coefficient (Wildman–Crippen LogP) is 2.89. The third-order valence-electron chi connectivity index (χ3n) is 4.13. The van der Waals surface area contributed by atoms with Crippen molar-refractivity contribution in [1.82, 2.24) is 0 Å². The first kappa shape index (κ1) is 18.0. The predicted molar refractivity (Wildman–Crippen MR) is 95.5 cm³/mol. The molecule has 2 aromatic carbocycles.